The third kappa shape index (κ3) is 2.83. The van der Waals surface area contributed by atoms with Crippen molar-refractivity contribution in [1.29, 1.82) is 0 Å². The maximum Gasteiger partial charge on any atom is 0.360 e. The van der Waals surface area contributed by atoms with E-state index in [1.54, 1.807) is 24.3 Å². The highest BCUT2D eigenvalue weighted by Crippen LogP contribution is 2.16. The fourth-order valence-corrected chi connectivity index (χ4v) is 1.57. The van der Waals surface area contributed by atoms with Crippen molar-refractivity contribution in [3.05, 3.63) is 52.5 Å². The van der Waals surface area contributed by atoms with Gasteiger partial charge in [0, 0.05) is 5.39 Å². The molecule has 102 valence electrons. The Hall–Kier alpha value is -3.09. The minimum absolute atomic E-state index is 0.154. The van der Waals surface area contributed by atoms with E-state index in [2.05, 4.69) is 5.32 Å². The number of fused-ring (bicyclic) bond motifs is 1. The Bertz CT molecular complexity index is 774. The molecule has 20 heavy (non-hydrogen) atoms. The minimum atomic E-state index is -1.50. The fraction of sp³-hybridized carbons (Fsp3) is 0. The largest absolute Gasteiger partial charge is 0.478 e. The number of para-hydroxylation sites is 1. The van der Waals surface area contributed by atoms with Crippen molar-refractivity contribution in [2.45, 2.75) is 0 Å². The number of anilines is 1. The SMILES string of the molecule is O=C(O)C=C(Nc1cc2ccccc2oc1=O)C(=O)O. The van der Waals surface area contributed by atoms with E-state index in [1.807, 2.05) is 0 Å². The molecule has 1 heterocycles. The number of hydrogen-bond acceptors (Lipinski definition) is 5. The van der Waals surface area contributed by atoms with Crippen LogP contribution in [0.3, 0.4) is 0 Å². The molecule has 7 heteroatoms. The van der Waals surface area contributed by atoms with E-state index in [-0.39, 0.29) is 5.69 Å². The summed E-state index contributed by atoms with van der Waals surface area (Å²) in [7, 11) is 0. The van der Waals surface area contributed by atoms with Gasteiger partial charge < -0.3 is 19.9 Å². The first-order chi connectivity index (χ1) is 9.47. The number of aliphatic carboxylic acids is 2. The van der Waals surface area contributed by atoms with Crippen molar-refractivity contribution in [2.24, 2.45) is 0 Å². The summed E-state index contributed by atoms with van der Waals surface area (Å²) in [5, 5.41) is 20.3. The van der Waals surface area contributed by atoms with Crippen LogP contribution in [0, 0.1) is 0 Å². The van der Waals surface area contributed by atoms with Gasteiger partial charge in [-0.1, -0.05) is 18.2 Å². The molecule has 0 aliphatic rings. The normalized spacial score (nSPS) is 11.3. The van der Waals surface area contributed by atoms with Gasteiger partial charge in [-0.05, 0) is 12.1 Å². The van der Waals surface area contributed by atoms with Crippen LogP contribution < -0.4 is 10.9 Å². The standard InChI is InChI=1S/C13H9NO6/c15-11(16)6-8(12(17)18)14-9-5-7-3-1-2-4-10(7)20-13(9)19/h1-6,14H,(H,15,16)(H,17,18). The third-order valence-electron chi connectivity index (χ3n) is 2.41. The van der Waals surface area contributed by atoms with Crippen LogP contribution in [0.5, 0.6) is 0 Å². The van der Waals surface area contributed by atoms with Crippen LogP contribution in [-0.2, 0) is 9.59 Å². The summed E-state index contributed by atoms with van der Waals surface area (Å²) in [4.78, 5) is 33.1. The number of nitrogens with one attached hydrogen (secondary N) is 1. The van der Waals surface area contributed by atoms with Crippen LogP contribution >= 0.6 is 0 Å². The van der Waals surface area contributed by atoms with Gasteiger partial charge in [-0.15, -0.1) is 0 Å². The molecule has 0 fully saturated rings. The summed E-state index contributed by atoms with van der Waals surface area (Å²) >= 11 is 0. The molecule has 0 spiro atoms. The highest BCUT2D eigenvalue weighted by molar-refractivity contribution is 5.97. The van der Waals surface area contributed by atoms with Gasteiger partial charge in [0.05, 0.1) is 6.08 Å². The molecule has 0 radical (unpaired) electrons. The molecule has 1 aromatic heterocycles. The number of hydrogen-bond donors (Lipinski definition) is 3. The lowest BCUT2D eigenvalue weighted by Gasteiger charge is -2.05. The molecule has 2 aromatic rings. The quantitative estimate of drug-likeness (QED) is 0.568. The van der Waals surface area contributed by atoms with Crippen LogP contribution in [0.2, 0.25) is 0 Å². The van der Waals surface area contributed by atoms with Gasteiger partial charge >= 0.3 is 17.6 Å². The summed E-state index contributed by atoms with van der Waals surface area (Å²) in [6, 6.07) is 8.05. The van der Waals surface area contributed by atoms with Gasteiger partial charge in [0.1, 0.15) is 17.0 Å². The zero-order valence-corrected chi connectivity index (χ0v) is 9.99. The molecule has 0 saturated heterocycles. The predicted molar refractivity (Wildman–Crippen MR) is 69.5 cm³/mol. The monoisotopic (exact) mass is 275 g/mol. The molecule has 2 rings (SSSR count). The Balaban J connectivity index is 2.47. The van der Waals surface area contributed by atoms with Crippen molar-refractivity contribution < 1.29 is 24.2 Å². The second-order valence-electron chi connectivity index (χ2n) is 3.81. The van der Waals surface area contributed by atoms with Gasteiger partial charge in [0.15, 0.2) is 0 Å². The average molecular weight is 275 g/mol. The predicted octanol–water partition coefficient (Wildman–Crippen LogP) is 1.26. The zero-order valence-electron chi connectivity index (χ0n) is 9.99. The van der Waals surface area contributed by atoms with Gasteiger partial charge in [0.2, 0.25) is 0 Å². The van der Waals surface area contributed by atoms with Gasteiger partial charge in [0.25, 0.3) is 0 Å². The first kappa shape index (κ1) is 13.3. The molecular formula is C13H9NO6. The fourth-order valence-electron chi connectivity index (χ4n) is 1.57. The van der Waals surface area contributed by atoms with Crippen LogP contribution in [0.4, 0.5) is 5.69 Å². The highest BCUT2D eigenvalue weighted by Gasteiger charge is 2.13. The minimum Gasteiger partial charge on any atom is -0.478 e. The van der Waals surface area contributed by atoms with Gasteiger partial charge in [-0.2, -0.15) is 0 Å². The summed E-state index contributed by atoms with van der Waals surface area (Å²) < 4.78 is 4.99. The summed E-state index contributed by atoms with van der Waals surface area (Å²) in [5.74, 6) is -2.94. The number of carboxylic acid groups (broad SMARTS) is 2. The van der Waals surface area contributed by atoms with Gasteiger partial charge in [-0.25, -0.2) is 14.4 Å². The molecule has 0 unspecified atom stereocenters. The number of carbonyl (C=O) groups is 2. The van der Waals surface area contributed by atoms with Crippen LogP contribution in [-0.4, -0.2) is 22.2 Å². The molecule has 0 saturated carbocycles. The molecule has 0 amide bonds. The molecule has 0 atom stereocenters. The molecule has 0 aliphatic heterocycles. The Labute approximate surface area is 111 Å². The van der Waals surface area contributed by atoms with Crippen molar-refractivity contribution in [1.82, 2.24) is 0 Å². The van der Waals surface area contributed by atoms with Crippen molar-refractivity contribution >= 4 is 28.6 Å². The Morgan fingerprint density at radius 1 is 1.20 bits per heavy atom. The second-order valence-corrected chi connectivity index (χ2v) is 3.81. The van der Waals surface area contributed by atoms with Crippen LogP contribution in [0.25, 0.3) is 11.0 Å². The lowest BCUT2D eigenvalue weighted by Crippen LogP contribution is -2.17. The van der Waals surface area contributed by atoms with E-state index in [1.165, 1.54) is 6.07 Å². The van der Waals surface area contributed by atoms with E-state index in [0.717, 1.165) is 0 Å². The van der Waals surface area contributed by atoms with Crippen LogP contribution in [0.15, 0.2) is 51.3 Å². The van der Waals surface area contributed by atoms with Crippen LogP contribution in [0.1, 0.15) is 0 Å². The lowest BCUT2D eigenvalue weighted by atomic mass is 10.2. The Morgan fingerprint density at radius 3 is 2.55 bits per heavy atom. The number of carboxylic acids is 2. The first-order valence-corrected chi connectivity index (χ1v) is 5.45. The molecule has 1 aromatic carbocycles. The summed E-state index contributed by atoms with van der Waals surface area (Å²) in [6.45, 7) is 0. The average Bonchev–Trinajstić information content (AvgIpc) is 2.38. The summed E-state index contributed by atoms with van der Waals surface area (Å²) in [5.41, 5.74) is -1.23. The third-order valence-corrected chi connectivity index (χ3v) is 2.41. The highest BCUT2D eigenvalue weighted by atomic mass is 16.4. The molecule has 7 nitrogen and oxygen atoms in total. The second kappa shape index (κ2) is 5.27. The molecular weight excluding hydrogens is 266 g/mol. The van der Waals surface area contributed by atoms with Crippen molar-refractivity contribution in [3.8, 4) is 0 Å². The maximum absolute atomic E-state index is 11.7. The first-order valence-electron chi connectivity index (χ1n) is 5.45. The maximum atomic E-state index is 11.7. The van der Waals surface area contributed by atoms with E-state index >= 15 is 0 Å². The Kier molecular flexibility index (Phi) is 3.52. The van der Waals surface area contributed by atoms with E-state index in [4.69, 9.17) is 14.6 Å². The molecule has 0 bridgehead atoms. The summed E-state index contributed by atoms with van der Waals surface area (Å²) in [6.07, 6.45) is 0.455. The smallest absolute Gasteiger partial charge is 0.360 e. The topological polar surface area (TPSA) is 117 Å². The number of benzene rings is 1. The number of rotatable bonds is 4. The molecule has 3 N–H and O–H groups in total. The van der Waals surface area contributed by atoms with Gasteiger partial charge in [-0.3, -0.25) is 0 Å². The van der Waals surface area contributed by atoms with E-state index < -0.39 is 23.3 Å². The molecule has 0 aliphatic carbocycles. The van der Waals surface area contributed by atoms with E-state index in [9.17, 15) is 14.4 Å². The van der Waals surface area contributed by atoms with Crippen molar-refractivity contribution in [3.63, 3.8) is 0 Å². The zero-order chi connectivity index (χ0) is 14.7. The van der Waals surface area contributed by atoms with E-state index in [0.29, 0.717) is 17.0 Å². The lowest BCUT2D eigenvalue weighted by molar-refractivity contribution is -0.134. The van der Waals surface area contributed by atoms with Crippen molar-refractivity contribution in [2.75, 3.05) is 5.32 Å². The Morgan fingerprint density at radius 2 is 1.90 bits per heavy atom.